The number of likely N-dealkylation sites (tertiary alicyclic amines) is 1. The van der Waals surface area contributed by atoms with E-state index in [1.165, 1.54) is 5.56 Å². The SMILES string of the molecule is CN=C(NO)C1CCN(C(=O)c2ccc(C(C)C)cc2)CC1. The molecule has 1 aliphatic rings. The van der Waals surface area contributed by atoms with Crippen molar-refractivity contribution in [2.75, 3.05) is 20.1 Å². The normalized spacial score (nSPS) is 17.0. The van der Waals surface area contributed by atoms with Gasteiger partial charge in [0.05, 0.1) is 0 Å². The van der Waals surface area contributed by atoms with Gasteiger partial charge in [0.15, 0.2) is 0 Å². The van der Waals surface area contributed by atoms with Gasteiger partial charge in [-0.2, -0.15) is 0 Å². The Morgan fingerprint density at radius 2 is 1.86 bits per heavy atom. The quantitative estimate of drug-likeness (QED) is 0.512. The number of carbonyl (C=O) groups is 1. The Morgan fingerprint density at radius 1 is 1.27 bits per heavy atom. The summed E-state index contributed by atoms with van der Waals surface area (Å²) in [5.41, 5.74) is 4.15. The molecule has 5 heteroatoms. The third-order valence-electron chi connectivity index (χ3n) is 4.35. The second-order valence-corrected chi connectivity index (χ2v) is 6.06. The summed E-state index contributed by atoms with van der Waals surface area (Å²) in [5, 5.41) is 9.04. The number of nitrogens with zero attached hydrogens (tertiary/aromatic N) is 2. The first-order valence-corrected chi connectivity index (χ1v) is 7.82. The highest BCUT2D eigenvalue weighted by Gasteiger charge is 2.26. The predicted octanol–water partition coefficient (Wildman–Crippen LogP) is 2.67. The van der Waals surface area contributed by atoms with E-state index < -0.39 is 0 Å². The maximum Gasteiger partial charge on any atom is 0.253 e. The molecule has 1 saturated heterocycles. The monoisotopic (exact) mass is 303 g/mol. The lowest BCUT2D eigenvalue weighted by atomic mass is 9.95. The van der Waals surface area contributed by atoms with Gasteiger partial charge in [-0.15, -0.1) is 0 Å². The minimum Gasteiger partial charge on any atom is -0.339 e. The van der Waals surface area contributed by atoms with Crippen LogP contribution in [0.25, 0.3) is 0 Å². The molecular weight excluding hydrogens is 278 g/mol. The number of piperidine rings is 1. The van der Waals surface area contributed by atoms with Crippen molar-refractivity contribution in [2.24, 2.45) is 10.9 Å². The van der Waals surface area contributed by atoms with Crippen LogP contribution in [0, 0.1) is 5.92 Å². The van der Waals surface area contributed by atoms with Crippen LogP contribution in [0.4, 0.5) is 0 Å². The lowest BCUT2D eigenvalue weighted by molar-refractivity contribution is 0.0706. The summed E-state index contributed by atoms with van der Waals surface area (Å²) < 4.78 is 0. The summed E-state index contributed by atoms with van der Waals surface area (Å²) in [6.45, 7) is 5.67. The number of nitrogens with one attached hydrogen (secondary N) is 1. The Labute approximate surface area is 132 Å². The van der Waals surface area contributed by atoms with Crippen molar-refractivity contribution < 1.29 is 10.0 Å². The molecule has 2 N–H and O–H groups in total. The van der Waals surface area contributed by atoms with Crippen molar-refractivity contribution in [3.05, 3.63) is 35.4 Å². The summed E-state index contributed by atoms with van der Waals surface area (Å²) in [5.74, 6) is 1.36. The lowest BCUT2D eigenvalue weighted by Crippen LogP contribution is -2.42. The molecule has 5 nitrogen and oxygen atoms in total. The molecule has 0 unspecified atom stereocenters. The molecule has 0 bridgehead atoms. The van der Waals surface area contributed by atoms with E-state index >= 15 is 0 Å². The van der Waals surface area contributed by atoms with E-state index in [2.05, 4.69) is 24.3 Å². The van der Waals surface area contributed by atoms with E-state index in [1.54, 1.807) is 7.05 Å². The van der Waals surface area contributed by atoms with Gasteiger partial charge in [0.25, 0.3) is 5.91 Å². The molecular formula is C17H25N3O2. The number of aliphatic imine (C=N–C) groups is 1. The van der Waals surface area contributed by atoms with Crippen molar-refractivity contribution in [2.45, 2.75) is 32.6 Å². The average molecular weight is 303 g/mol. The maximum atomic E-state index is 12.5. The van der Waals surface area contributed by atoms with E-state index in [0.29, 0.717) is 24.8 Å². The topological polar surface area (TPSA) is 64.9 Å². The van der Waals surface area contributed by atoms with Crippen LogP contribution in [0.2, 0.25) is 0 Å². The van der Waals surface area contributed by atoms with E-state index in [0.717, 1.165) is 18.4 Å². The van der Waals surface area contributed by atoms with Crippen molar-refractivity contribution in [3.8, 4) is 0 Å². The summed E-state index contributed by atoms with van der Waals surface area (Å²) >= 11 is 0. The second kappa shape index (κ2) is 7.40. The zero-order chi connectivity index (χ0) is 16.1. The average Bonchev–Trinajstić information content (AvgIpc) is 2.56. The first kappa shape index (κ1) is 16.5. The molecule has 0 saturated carbocycles. The first-order valence-electron chi connectivity index (χ1n) is 7.82. The van der Waals surface area contributed by atoms with Crippen LogP contribution >= 0.6 is 0 Å². The minimum atomic E-state index is 0.0840. The van der Waals surface area contributed by atoms with E-state index in [1.807, 2.05) is 29.2 Å². The Hall–Kier alpha value is -1.88. The van der Waals surface area contributed by atoms with Crippen molar-refractivity contribution >= 4 is 11.7 Å². The number of benzene rings is 1. The number of hydrogen-bond donors (Lipinski definition) is 2. The molecule has 1 amide bonds. The number of hydroxylamine groups is 1. The van der Waals surface area contributed by atoms with Crippen LogP contribution in [0.3, 0.4) is 0 Å². The van der Waals surface area contributed by atoms with Gasteiger partial charge in [-0.1, -0.05) is 26.0 Å². The van der Waals surface area contributed by atoms with Gasteiger partial charge in [-0.3, -0.25) is 20.5 Å². The number of amides is 1. The molecule has 120 valence electrons. The van der Waals surface area contributed by atoms with Gasteiger partial charge in [0, 0.05) is 31.6 Å². The molecule has 1 heterocycles. The van der Waals surface area contributed by atoms with Crippen LogP contribution in [0.5, 0.6) is 0 Å². The van der Waals surface area contributed by atoms with E-state index in [-0.39, 0.29) is 11.8 Å². The summed E-state index contributed by atoms with van der Waals surface area (Å²) in [6, 6.07) is 7.89. The van der Waals surface area contributed by atoms with Gasteiger partial charge in [-0.05, 0) is 36.5 Å². The molecule has 0 radical (unpaired) electrons. The van der Waals surface area contributed by atoms with Gasteiger partial charge < -0.3 is 4.90 Å². The van der Waals surface area contributed by atoms with E-state index in [9.17, 15) is 4.79 Å². The summed E-state index contributed by atoms with van der Waals surface area (Å²) in [7, 11) is 1.66. The molecule has 0 spiro atoms. The van der Waals surface area contributed by atoms with E-state index in [4.69, 9.17) is 5.21 Å². The predicted molar refractivity (Wildman–Crippen MR) is 87.4 cm³/mol. The van der Waals surface area contributed by atoms with Gasteiger partial charge in [0.2, 0.25) is 0 Å². The molecule has 1 aromatic rings. The second-order valence-electron chi connectivity index (χ2n) is 6.06. The first-order chi connectivity index (χ1) is 10.6. The third-order valence-corrected chi connectivity index (χ3v) is 4.35. The highest BCUT2D eigenvalue weighted by molar-refractivity contribution is 5.94. The van der Waals surface area contributed by atoms with Crippen LogP contribution in [-0.2, 0) is 0 Å². The zero-order valence-corrected chi connectivity index (χ0v) is 13.5. The fourth-order valence-corrected chi connectivity index (χ4v) is 2.87. The van der Waals surface area contributed by atoms with Gasteiger partial charge >= 0.3 is 0 Å². The van der Waals surface area contributed by atoms with Crippen LogP contribution in [-0.4, -0.2) is 42.0 Å². The third kappa shape index (κ3) is 3.65. The van der Waals surface area contributed by atoms with Crippen molar-refractivity contribution in [1.82, 2.24) is 10.4 Å². The number of rotatable bonds is 3. The zero-order valence-electron chi connectivity index (χ0n) is 13.5. The smallest absolute Gasteiger partial charge is 0.253 e. The number of amidine groups is 1. The Morgan fingerprint density at radius 3 is 2.32 bits per heavy atom. The number of hydrogen-bond acceptors (Lipinski definition) is 3. The fourth-order valence-electron chi connectivity index (χ4n) is 2.87. The molecule has 0 aromatic heterocycles. The van der Waals surface area contributed by atoms with Crippen LogP contribution in [0.15, 0.2) is 29.3 Å². The van der Waals surface area contributed by atoms with Gasteiger partial charge in [-0.25, -0.2) is 0 Å². The summed E-state index contributed by atoms with van der Waals surface area (Å²) in [6.07, 6.45) is 1.63. The molecule has 22 heavy (non-hydrogen) atoms. The molecule has 1 aliphatic heterocycles. The maximum absolute atomic E-state index is 12.5. The Kier molecular flexibility index (Phi) is 5.55. The number of carbonyl (C=O) groups excluding carboxylic acids is 1. The largest absolute Gasteiger partial charge is 0.339 e. The Bertz CT molecular complexity index is 529. The van der Waals surface area contributed by atoms with Crippen LogP contribution < -0.4 is 5.48 Å². The highest BCUT2D eigenvalue weighted by Crippen LogP contribution is 2.21. The van der Waals surface area contributed by atoms with Gasteiger partial charge in [0.1, 0.15) is 5.84 Å². The van der Waals surface area contributed by atoms with Crippen LogP contribution in [0.1, 0.15) is 48.5 Å². The minimum absolute atomic E-state index is 0.0840. The molecule has 1 fully saturated rings. The van der Waals surface area contributed by atoms with Crippen molar-refractivity contribution in [1.29, 1.82) is 0 Å². The van der Waals surface area contributed by atoms with Crippen molar-refractivity contribution in [3.63, 3.8) is 0 Å². The summed E-state index contributed by atoms with van der Waals surface area (Å²) in [4.78, 5) is 18.4. The lowest BCUT2D eigenvalue weighted by Gasteiger charge is -2.32. The Balaban J connectivity index is 1.97. The highest BCUT2D eigenvalue weighted by atomic mass is 16.5. The molecule has 0 atom stereocenters. The molecule has 0 aliphatic carbocycles. The molecule has 2 rings (SSSR count). The fraction of sp³-hybridized carbons (Fsp3) is 0.529. The standard InChI is InChI=1S/C17H25N3O2/c1-12(2)13-4-6-15(7-5-13)17(21)20-10-8-14(9-11-20)16(18-3)19-22/h4-7,12,14,22H,8-11H2,1-3H3,(H,18,19). The molecule has 1 aromatic carbocycles.